The van der Waals surface area contributed by atoms with Crippen LogP contribution in [0.15, 0.2) is 22.9 Å². The van der Waals surface area contributed by atoms with Crippen LogP contribution < -0.4 is 5.32 Å². The number of nitrogens with zero attached hydrogens (tertiary/aromatic N) is 3. The quantitative estimate of drug-likeness (QED) is 0.806. The number of carbonyl (C=O) groups excluding carboxylic acids is 2. The first kappa shape index (κ1) is 14.9. The van der Waals surface area contributed by atoms with Crippen molar-refractivity contribution in [3.05, 3.63) is 28.5 Å². The summed E-state index contributed by atoms with van der Waals surface area (Å²) in [5.74, 6) is -0.0238. The van der Waals surface area contributed by atoms with E-state index in [2.05, 4.69) is 26.2 Å². The minimum Gasteiger partial charge on any atom is -0.358 e. The fourth-order valence-electron chi connectivity index (χ4n) is 2.11. The molecule has 0 radical (unpaired) electrons. The van der Waals surface area contributed by atoms with Gasteiger partial charge in [0, 0.05) is 39.4 Å². The summed E-state index contributed by atoms with van der Waals surface area (Å²) in [6.07, 6.45) is 1.64. The van der Waals surface area contributed by atoms with Crippen molar-refractivity contribution in [1.82, 2.24) is 20.1 Å². The van der Waals surface area contributed by atoms with Crippen LogP contribution in [0.25, 0.3) is 0 Å². The molecule has 108 valence electrons. The molecule has 0 atom stereocenters. The van der Waals surface area contributed by atoms with E-state index in [4.69, 9.17) is 0 Å². The lowest BCUT2D eigenvalue weighted by molar-refractivity contribution is -0.122. The van der Waals surface area contributed by atoms with Gasteiger partial charge < -0.3 is 10.2 Å². The van der Waals surface area contributed by atoms with Gasteiger partial charge in [0.2, 0.25) is 5.91 Å². The van der Waals surface area contributed by atoms with Crippen molar-refractivity contribution in [3.8, 4) is 0 Å². The summed E-state index contributed by atoms with van der Waals surface area (Å²) in [5, 5.41) is 2.60. The van der Waals surface area contributed by atoms with Crippen LogP contribution in [0.4, 0.5) is 0 Å². The van der Waals surface area contributed by atoms with Crippen LogP contribution in [-0.2, 0) is 4.79 Å². The summed E-state index contributed by atoms with van der Waals surface area (Å²) >= 11 is 3.30. The van der Waals surface area contributed by atoms with E-state index >= 15 is 0 Å². The molecule has 0 aliphatic carbocycles. The number of piperazine rings is 1. The monoisotopic (exact) mass is 340 g/mol. The lowest BCUT2D eigenvalue weighted by atomic mass is 10.2. The number of hydrogen-bond acceptors (Lipinski definition) is 4. The highest BCUT2D eigenvalue weighted by Gasteiger charge is 2.24. The smallest absolute Gasteiger partial charge is 0.256 e. The molecular weight excluding hydrogens is 324 g/mol. The number of nitrogens with one attached hydrogen (secondary N) is 1. The standard InChI is InChI=1S/C13H17BrN4O2/c1-15-11(19)9-17-5-7-18(8-6-17)13(20)10-3-2-4-16-12(10)14/h2-4H,5-9H2,1H3,(H,15,19). The molecule has 0 aromatic carbocycles. The fraction of sp³-hybridized carbons (Fsp3) is 0.462. The second kappa shape index (κ2) is 6.81. The van der Waals surface area contributed by atoms with E-state index in [1.165, 1.54) is 0 Å². The van der Waals surface area contributed by atoms with Crippen LogP contribution in [0.5, 0.6) is 0 Å². The number of likely N-dealkylation sites (N-methyl/N-ethyl adjacent to an activating group) is 1. The molecule has 20 heavy (non-hydrogen) atoms. The van der Waals surface area contributed by atoms with Crippen LogP contribution in [0.2, 0.25) is 0 Å². The molecule has 1 aromatic heterocycles. The van der Waals surface area contributed by atoms with Crippen LogP contribution >= 0.6 is 15.9 Å². The summed E-state index contributed by atoms with van der Waals surface area (Å²) in [7, 11) is 1.63. The number of carbonyl (C=O) groups is 2. The maximum absolute atomic E-state index is 12.4. The molecule has 1 aliphatic heterocycles. The molecule has 1 aliphatic rings. The molecule has 0 saturated carbocycles. The zero-order chi connectivity index (χ0) is 14.5. The zero-order valence-corrected chi connectivity index (χ0v) is 12.9. The Kier molecular flexibility index (Phi) is 5.08. The molecule has 2 amide bonds. The van der Waals surface area contributed by atoms with Crippen LogP contribution in [0.1, 0.15) is 10.4 Å². The fourth-order valence-corrected chi connectivity index (χ4v) is 2.53. The third-order valence-electron chi connectivity index (χ3n) is 3.30. The van der Waals surface area contributed by atoms with E-state index in [1.807, 2.05) is 4.90 Å². The zero-order valence-electron chi connectivity index (χ0n) is 11.3. The van der Waals surface area contributed by atoms with E-state index < -0.39 is 0 Å². The normalized spacial score (nSPS) is 16.0. The molecule has 0 bridgehead atoms. The van der Waals surface area contributed by atoms with Gasteiger partial charge in [-0.2, -0.15) is 0 Å². The van der Waals surface area contributed by atoms with E-state index in [-0.39, 0.29) is 11.8 Å². The summed E-state index contributed by atoms with van der Waals surface area (Å²) in [6, 6.07) is 3.51. The summed E-state index contributed by atoms with van der Waals surface area (Å²) in [5.41, 5.74) is 0.576. The third kappa shape index (κ3) is 3.55. The third-order valence-corrected chi connectivity index (χ3v) is 3.93. The number of aromatic nitrogens is 1. The second-order valence-corrected chi connectivity index (χ2v) is 5.33. The van der Waals surface area contributed by atoms with Gasteiger partial charge in [0.05, 0.1) is 12.1 Å². The highest BCUT2D eigenvalue weighted by Crippen LogP contribution is 2.16. The van der Waals surface area contributed by atoms with Crippen LogP contribution in [-0.4, -0.2) is 66.4 Å². The topological polar surface area (TPSA) is 65.5 Å². The van der Waals surface area contributed by atoms with Gasteiger partial charge in [0.15, 0.2) is 0 Å². The maximum atomic E-state index is 12.4. The minimum absolute atomic E-state index is 0.000203. The molecule has 7 heteroatoms. The van der Waals surface area contributed by atoms with Gasteiger partial charge in [-0.25, -0.2) is 4.98 Å². The Balaban J connectivity index is 1.92. The first-order valence-corrected chi connectivity index (χ1v) is 7.24. The lowest BCUT2D eigenvalue weighted by Gasteiger charge is -2.34. The second-order valence-electron chi connectivity index (χ2n) is 4.58. The van der Waals surface area contributed by atoms with Crippen molar-refractivity contribution in [2.45, 2.75) is 0 Å². The van der Waals surface area contributed by atoms with Gasteiger partial charge in [-0.1, -0.05) is 0 Å². The number of pyridine rings is 1. The highest BCUT2D eigenvalue weighted by molar-refractivity contribution is 9.10. The van der Waals surface area contributed by atoms with Crippen molar-refractivity contribution in [2.24, 2.45) is 0 Å². The molecule has 1 saturated heterocycles. The van der Waals surface area contributed by atoms with Crippen LogP contribution in [0.3, 0.4) is 0 Å². The molecule has 1 aromatic rings. The molecule has 1 fully saturated rings. The summed E-state index contributed by atoms with van der Waals surface area (Å²) < 4.78 is 0.567. The van der Waals surface area contributed by atoms with Crippen molar-refractivity contribution in [3.63, 3.8) is 0 Å². The van der Waals surface area contributed by atoms with Gasteiger partial charge in [-0.3, -0.25) is 14.5 Å². The van der Waals surface area contributed by atoms with Gasteiger partial charge in [0.1, 0.15) is 4.60 Å². The van der Waals surface area contributed by atoms with Gasteiger partial charge in [-0.15, -0.1) is 0 Å². The Labute approximate surface area is 126 Å². The number of rotatable bonds is 3. The number of amides is 2. The number of hydrogen-bond donors (Lipinski definition) is 1. The summed E-state index contributed by atoms with van der Waals surface area (Å²) in [4.78, 5) is 31.6. The van der Waals surface area contributed by atoms with Crippen molar-refractivity contribution in [1.29, 1.82) is 0 Å². The van der Waals surface area contributed by atoms with Crippen LogP contribution in [0, 0.1) is 0 Å². The Hall–Kier alpha value is -1.47. The molecule has 2 rings (SSSR count). The van der Waals surface area contributed by atoms with Gasteiger partial charge in [-0.05, 0) is 28.1 Å². The minimum atomic E-state index is -0.0235. The molecule has 0 spiro atoms. The molecule has 0 unspecified atom stereocenters. The Morgan fingerprint density at radius 3 is 2.65 bits per heavy atom. The van der Waals surface area contributed by atoms with E-state index in [0.717, 1.165) is 0 Å². The molecule has 2 heterocycles. The Morgan fingerprint density at radius 2 is 2.05 bits per heavy atom. The first-order chi connectivity index (χ1) is 9.61. The van der Waals surface area contributed by atoms with Crippen molar-refractivity contribution in [2.75, 3.05) is 39.8 Å². The first-order valence-electron chi connectivity index (χ1n) is 6.44. The van der Waals surface area contributed by atoms with Crippen molar-refractivity contribution < 1.29 is 9.59 Å². The lowest BCUT2D eigenvalue weighted by Crippen LogP contribution is -2.50. The molecule has 1 N–H and O–H groups in total. The largest absolute Gasteiger partial charge is 0.358 e. The summed E-state index contributed by atoms with van der Waals surface area (Å²) in [6.45, 7) is 3.04. The predicted octanol–water partition coefficient (Wildman–Crippen LogP) is 0.348. The average Bonchev–Trinajstić information content (AvgIpc) is 2.47. The maximum Gasteiger partial charge on any atom is 0.256 e. The van der Waals surface area contributed by atoms with Gasteiger partial charge >= 0.3 is 0 Å². The van der Waals surface area contributed by atoms with Crippen molar-refractivity contribution >= 4 is 27.7 Å². The Bertz CT molecular complexity index is 501. The van der Waals surface area contributed by atoms with E-state index in [9.17, 15) is 9.59 Å². The average molecular weight is 341 g/mol. The van der Waals surface area contributed by atoms with Gasteiger partial charge in [0.25, 0.3) is 5.91 Å². The molecular formula is C13H17BrN4O2. The van der Waals surface area contributed by atoms with E-state index in [0.29, 0.717) is 42.9 Å². The van der Waals surface area contributed by atoms with E-state index in [1.54, 1.807) is 30.3 Å². The highest BCUT2D eigenvalue weighted by atomic mass is 79.9. The molecule has 6 nitrogen and oxygen atoms in total. The Morgan fingerprint density at radius 1 is 1.35 bits per heavy atom. The SMILES string of the molecule is CNC(=O)CN1CCN(C(=O)c2cccnc2Br)CC1. The predicted molar refractivity (Wildman–Crippen MR) is 78.3 cm³/mol. The number of halogens is 1.